The molecule has 7 heteroatoms. The van der Waals surface area contributed by atoms with Crippen LogP contribution in [0.5, 0.6) is 0 Å². The van der Waals surface area contributed by atoms with Gasteiger partial charge in [0, 0.05) is 12.1 Å². The fourth-order valence-electron chi connectivity index (χ4n) is 2.67. The highest BCUT2D eigenvalue weighted by molar-refractivity contribution is 8.15. The number of carbonyl (C=O) groups is 2. The zero-order chi connectivity index (χ0) is 20.1. The van der Waals surface area contributed by atoms with Gasteiger partial charge in [-0.3, -0.25) is 15.0 Å². The van der Waals surface area contributed by atoms with Gasteiger partial charge in [-0.2, -0.15) is 0 Å². The maximum absolute atomic E-state index is 12.4. The highest BCUT2D eigenvalue weighted by atomic mass is 32.2. The molecule has 1 fully saturated rings. The van der Waals surface area contributed by atoms with Crippen LogP contribution in [0.2, 0.25) is 0 Å². The molecule has 0 unspecified atom stereocenters. The van der Waals surface area contributed by atoms with E-state index in [-0.39, 0.29) is 18.2 Å². The van der Waals surface area contributed by atoms with Crippen LogP contribution in [0, 0.1) is 13.8 Å². The van der Waals surface area contributed by atoms with Crippen molar-refractivity contribution in [1.29, 1.82) is 0 Å². The monoisotopic (exact) mass is 394 g/mol. The van der Waals surface area contributed by atoms with Gasteiger partial charge in [0.2, 0.25) is 11.8 Å². The summed E-state index contributed by atoms with van der Waals surface area (Å²) in [6.07, 6.45) is 0.0720. The van der Waals surface area contributed by atoms with E-state index >= 15 is 0 Å². The van der Waals surface area contributed by atoms with E-state index in [1.165, 1.54) is 11.8 Å². The van der Waals surface area contributed by atoms with E-state index < -0.39 is 5.25 Å². The Morgan fingerprint density at radius 2 is 1.93 bits per heavy atom. The predicted octanol–water partition coefficient (Wildman–Crippen LogP) is 3.40. The van der Waals surface area contributed by atoms with E-state index in [2.05, 4.69) is 27.7 Å². The number of thioether (sulfide) groups is 1. The second-order valence-corrected chi connectivity index (χ2v) is 7.66. The number of hydrazone groups is 1. The van der Waals surface area contributed by atoms with Gasteiger partial charge in [-0.05, 0) is 36.6 Å². The Morgan fingerprint density at radius 3 is 2.68 bits per heavy atom. The number of nitrogens with zero attached hydrogens (tertiary/aromatic N) is 1. The SMILES string of the molecule is C=C(N/N=C1\NC(=O)[C@H](CC(=O)Nc2cccc(C)c2C)S1)c1ccccc1. The van der Waals surface area contributed by atoms with Crippen molar-refractivity contribution in [1.82, 2.24) is 10.7 Å². The standard InChI is InChI=1S/C21H22N4O2S/c1-13-8-7-11-17(14(13)2)22-19(26)12-18-20(27)23-21(28-18)25-24-15(3)16-9-5-4-6-10-16/h4-11,18,24H,3,12H2,1-2H3,(H,22,26)(H,23,25,27)/t18-/m0/s1. The Labute approximate surface area is 168 Å². The third kappa shape index (κ3) is 4.80. The van der Waals surface area contributed by atoms with E-state index in [4.69, 9.17) is 0 Å². The molecular weight excluding hydrogens is 372 g/mol. The maximum Gasteiger partial charge on any atom is 0.240 e. The molecule has 6 nitrogen and oxygen atoms in total. The molecule has 1 saturated heterocycles. The van der Waals surface area contributed by atoms with Crippen LogP contribution in [0.15, 0.2) is 60.2 Å². The molecule has 3 rings (SSSR count). The Morgan fingerprint density at radius 1 is 1.18 bits per heavy atom. The van der Waals surface area contributed by atoms with Crippen molar-refractivity contribution in [3.8, 4) is 0 Å². The normalized spacial score (nSPS) is 17.3. The molecule has 1 atom stereocenters. The van der Waals surface area contributed by atoms with Crippen LogP contribution in [0.4, 0.5) is 5.69 Å². The number of hydrogen-bond acceptors (Lipinski definition) is 5. The summed E-state index contributed by atoms with van der Waals surface area (Å²) in [5.74, 6) is -0.434. The summed E-state index contributed by atoms with van der Waals surface area (Å²) in [4.78, 5) is 24.5. The highest BCUT2D eigenvalue weighted by Crippen LogP contribution is 2.24. The van der Waals surface area contributed by atoms with E-state index in [1.807, 2.05) is 62.4 Å². The quantitative estimate of drug-likeness (QED) is 0.656. The fourth-order valence-corrected chi connectivity index (χ4v) is 3.60. The number of aryl methyl sites for hydroxylation is 1. The summed E-state index contributed by atoms with van der Waals surface area (Å²) in [5.41, 5.74) is 7.27. The lowest BCUT2D eigenvalue weighted by Gasteiger charge is -2.11. The molecule has 0 spiro atoms. The van der Waals surface area contributed by atoms with E-state index in [0.29, 0.717) is 10.9 Å². The molecule has 0 radical (unpaired) electrons. The Balaban J connectivity index is 1.56. The van der Waals surface area contributed by atoms with Gasteiger partial charge < -0.3 is 10.6 Å². The van der Waals surface area contributed by atoms with Crippen LogP contribution < -0.4 is 16.1 Å². The van der Waals surface area contributed by atoms with Crippen LogP contribution in [0.25, 0.3) is 5.70 Å². The zero-order valence-corrected chi connectivity index (χ0v) is 16.6. The van der Waals surface area contributed by atoms with Gasteiger partial charge in [0.1, 0.15) is 5.25 Å². The molecule has 28 heavy (non-hydrogen) atoms. The first-order valence-corrected chi connectivity index (χ1v) is 9.73. The van der Waals surface area contributed by atoms with Crippen molar-refractivity contribution >= 4 is 40.1 Å². The molecule has 0 bridgehead atoms. The molecule has 2 amide bonds. The molecule has 144 valence electrons. The molecule has 0 aliphatic carbocycles. The first kappa shape index (κ1) is 19.7. The topological polar surface area (TPSA) is 82.6 Å². The minimum Gasteiger partial charge on any atom is -0.326 e. The molecule has 1 heterocycles. The lowest BCUT2D eigenvalue weighted by molar-refractivity contribution is -0.122. The number of rotatable bonds is 6. The van der Waals surface area contributed by atoms with Gasteiger partial charge in [0.15, 0.2) is 5.17 Å². The lowest BCUT2D eigenvalue weighted by Crippen LogP contribution is -2.28. The number of amides is 2. The van der Waals surface area contributed by atoms with Gasteiger partial charge in [-0.25, -0.2) is 0 Å². The molecule has 0 aromatic heterocycles. The van der Waals surface area contributed by atoms with Crippen LogP contribution in [0.3, 0.4) is 0 Å². The molecular formula is C21H22N4O2S. The number of anilines is 1. The van der Waals surface area contributed by atoms with Crippen molar-refractivity contribution in [2.45, 2.75) is 25.5 Å². The van der Waals surface area contributed by atoms with E-state index in [9.17, 15) is 9.59 Å². The van der Waals surface area contributed by atoms with Crippen LogP contribution in [-0.2, 0) is 9.59 Å². The summed E-state index contributed by atoms with van der Waals surface area (Å²) in [7, 11) is 0. The largest absolute Gasteiger partial charge is 0.326 e. The van der Waals surface area contributed by atoms with Crippen LogP contribution in [0.1, 0.15) is 23.1 Å². The third-order valence-corrected chi connectivity index (χ3v) is 5.52. The number of carbonyl (C=O) groups excluding carboxylic acids is 2. The summed E-state index contributed by atoms with van der Waals surface area (Å²) >= 11 is 1.23. The molecule has 2 aromatic carbocycles. The van der Waals surface area contributed by atoms with Crippen molar-refractivity contribution in [2.24, 2.45) is 5.10 Å². The fraction of sp³-hybridized carbons (Fsp3) is 0.190. The zero-order valence-electron chi connectivity index (χ0n) is 15.8. The smallest absolute Gasteiger partial charge is 0.240 e. The number of amidine groups is 1. The molecule has 2 aromatic rings. The second-order valence-electron chi connectivity index (χ2n) is 6.47. The minimum absolute atomic E-state index is 0.0720. The average Bonchev–Trinajstić information content (AvgIpc) is 3.03. The highest BCUT2D eigenvalue weighted by Gasteiger charge is 2.32. The number of benzene rings is 2. The summed E-state index contributed by atoms with van der Waals surface area (Å²) in [6, 6.07) is 15.3. The van der Waals surface area contributed by atoms with Gasteiger partial charge >= 0.3 is 0 Å². The van der Waals surface area contributed by atoms with Crippen LogP contribution >= 0.6 is 11.8 Å². The Hall–Kier alpha value is -3.06. The maximum atomic E-state index is 12.4. The van der Waals surface area contributed by atoms with Gasteiger partial charge in [-0.1, -0.05) is 60.8 Å². The summed E-state index contributed by atoms with van der Waals surface area (Å²) in [6.45, 7) is 7.88. The third-order valence-electron chi connectivity index (χ3n) is 4.44. The van der Waals surface area contributed by atoms with E-state index in [1.54, 1.807) is 0 Å². The Kier molecular flexibility index (Phi) is 6.16. The summed E-state index contributed by atoms with van der Waals surface area (Å²) < 4.78 is 0. The first-order valence-electron chi connectivity index (χ1n) is 8.85. The average molecular weight is 395 g/mol. The van der Waals surface area contributed by atoms with Crippen LogP contribution in [-0.4, -0.2) is 22.2 Å². The lowest BCUT2D eigenvalue weighted by atomic mass is 10.1. The molecule has 1 aliphatic heterocycles. The van der Waals surface area contributed by atoms with Crippen molar-refractivity contribution in [3.63, 3.8) is 0 Å². The Bertz CT molecular complexity index is 941. The van der Waals surface area contributed by atoms with E-state index in [0.717, 1.165) is 22.4 Å². The van der Waals surface area contributed by atoms with Crippen molar-refractivity contribution in [3.05, 3.63) is 71.8 Å². The van der Waals surface area contributed by atoms with Gasteiger partial charge in [0.25, 0.3) is 0 Å². The second kappa shape index (κ2) is 8.75. The van der Waals surface area contributed by atoms with Crippen molar-refractivity contribution < 1.29 is 9.59 Å². The summed E-state index contributed by atoms with van der Waals surface area (Å²) in [5, 5.41) is 9.66. The minimum atomic E-state index is -0.518. The number of nitrogens with one attached hydrogen (secondary N) is 3. The molecule has 3 N–H and O–H groups in total. The van der Waals surface area contributed by atoms with Gasteiger partial charge in [-0.15, -0.1) is 5.10 Å². The molecule has 1 aliphatic rings. The molecule has 0 saturated carbocycles. The first-order chi connectivity index (χ1) is 13.4. The van der Waals surface area contributed by atoms with Gasteiger partial charge in [0.05, 0.1) is 5.70 Å². The number of hydrogen-bond donors (Lipinski definition) is 3. The van der Waals surface area contributed by atoms with Crippen molar-refractivity contribution in [2.75, 3.05) is 5.32 Å². The predicted molar refractivity (Wildman–Crippen MR) is 115 cm³/mol.